The standard InChI is InChI=1S/C17H25N3/c1-13(11-15-5-3-2-4-9-18-15)20-16-6-7-17-14(12-16)8-10-19-17/h6-8,10,12-13,15,18-20H,2-5,9,11H2,1H3. The monoisotopic (exact) mass is 271 g/mol. The molecule has 3 heteroatoms. The summed E-state index contributed by atoms with van der Waals surface area (Å²) >= 11 is 0. The van der Waals surface area contributed by atoms with Crippen LogP contribution in [0.1, 0.15) is 39.0 Å². The number of nitrogens with one attached hydrogen (secondary N) is 3. The second-order valence-corrected chi connectivity index (χ2v) is 6.06. The van der Waals surface area contributed by atoms with Crippen LogP contribution in [0.25, 0.3) is 10.9 Å². The number of H-pyrrole nitrogens is 1. The zero-order chi connectivity index (χ0) is 13.8. The first-order chi connectivity index (χ1) is 9.81. The van der Waals surface area contributed by atoms with Crippen LogP contribution < -0.4 is 10.6 Å². The summed E-state index contributed by atoms with van der Waals surface area (Å²) in [5.41, 5.74) is 2.42. The fourth-order valence-corrected chi connectivity index (χ4v) is 3.22. The zero-order valence-electron chi connectivity index (χ0n) is 12.3. The first-order valence-corrected chi connectivity index (χ1v) is 7.88. The molecular formula is C17H25N3. The molecule has 20 heavy (non-hydrogen) atoms. The molecule has 2 heterocycles. The predicted molar refractivity (Wildman–Crippen MR) is 86.3 cm³/mol. The molecule has 1 aliphatic rings. The first-order valence-electron chi connectivity index (χ1n) is 7.88. The third kappa shape index (κ3) is 3.34. The summed E-state index contributed by atoms with van der Waals surface area (Å²) in [5, 5.41) is 8.59. The van der Waals surface area contributed by atoms with Crippen molar-refractivity contribution >= 4 is 16.6 Å². The Morgan fingerprint density at radius 3 is 3.15 bits per heavy atom. The maximum absolute atomic E-state index is 3.68. The van der Waals surface area contributed by atoms with Crippen molar-refractivity contribution in [2.24, 2.45) is 0 Å². The first kappa shape index (κ1) is 13.5. The van der Waals surface area contributed by atoms with Crippen molar-refractivity contribution in [3.63, 3.8) is 0 Å². The average Bonchev–Trinajstić information content (AvgIpc) is 2.75. The van der Waals surface area contributed by atoms with Crippen molar-refractivity contribution in [2.75, 3.05) is 11.9 Å². The van der Waals surface area contributed by atoms with Crippen LogP contribution in [-0.2, 0) is 0 Å². The fourth-order valence-electron chi connectivity index (χ4n) is 3.22. The molecule has 3 N–H and O–H groups in total. The molecule has 0 amide bonds. The molecule has 2 atom stereocenters. The van der Waals surface area contributed by atoms with Crippen LogP contribution in [0, 0.1) is 0 Å². The fraction of sp³-hybridized carbons (Fsp3) is 0.529. The van der Waals surface area contributed by atoms with Crippen LogP contribution >= 0.6 is 0 Å². The molecule has 0 saturated carbocycles. The molecule has 1 fully saturated rings. The molecule has 2 unspecified atom stereocenters. The van der Waals surface area contributed by atoms with Crippen LogP contribution in [0.5, 0.6) is 0 Å². The Kier molecular flexibility index (Phi) is 4.26. The van der Waals surface area contributed by atoms with Crippen molar-refractivity contribution in [1.29, 1.82) is 0 Å². The van der Waals surface area contributed by atoms with E-state index in [1.54, 1.807) is 0 Å². The van der Waals surface area contributed by atoms with Crippen molar-refractivity contribution < 1.29 is 0 Å². The van der Waals surface area contributed by atoms with Gasteiger partial charge >= 0.3 is 0 Å². The molecule has 1 aromatic heterocycles. The molecule has 1 aromatic carbocycles. The van der Waals surface area contributed by atoms with Crippen LogP contribution in [0.4, 0.5) is 5.69 Å². The lowest BCUT2D eigenvalue weighted by Gasteiger charge is -2.22. The molecule has 0 spiro atoms. The Bertz CT molecular complexity index is 538. The van der Waals surface area contributed by atoms with E-state index in [4.69, 9.17) is 0 Å². The van der Waals surface area contributed by atoms with Gasteiger partial charge in [-0.3, -0.25) is 0 Å². The number of fused-ring (bicyclic) bond motifs is 1. The van der Waals surface area contributed by atoms with Gasteiger partial charge in [0.1, 0.15) is 0 Å². The lowest BCUT2D eigenvalue weighted by atomic mass is 10.0. The van der Waals surface area contributed by atoms with Gasteiger partial charge in [0.25, 0.3) is 0 Å². The Labute approximate surface area is 121 Å². The number of hydrogen-bond donors (Lipinski definition) is 3. The summed E-state index contributed by atoms with van der Waals surface area (Å²) in [6.07, 6.45) is 8.61. The van der Waals surface area contributed by atoms with Gasteiger partial charge in [-0.2, -0.15) is 0 Å². The van der Waals surface area contributed by atoms with E-state index < -0.39 is 0 Å². The minimum Gasteiger partial charge on any atom is -0.383 e. The SMILES string of the molecule is CC(CC1CCCCCN1)Nc1ccc2[nH]ccc2c1. The number of aromatic amines is 1. The Hall–Kier alpha value is -1.48. The second kappa shape index (κ2) is 6.31. The Balaban J connectivity index is 1.58. The highest BCUT2D eigenvalue weighted by molar-refractivity contribution is 5.82. The minimum atomic E-state index is 0.502. The summed E-state index contributed by atoms with van der Waals surface area (Å²) in [5.74, 6) is 0. The smallest absolute Gasteiger partial charge is 0.0455 e. The lowest BCUT2D eigenvalue weighted by Crippen LogP contribution is -2.33. The molecule has 0 radical (unpaired) electrons. The van der Waals surface area contributed by atoms with E-state index in [0.29, 0.717) is 12.1 Å². The summed E-state index contributed by atoms with van der Waals surface area (Å²) in [7, 11) is 0. The van der Waals surface area contributed by atoms with Crippen molar-refractivity contribution in [2.45, 2.75) is 51.1 Å². The Morgan fingerprint density at radius 1 is 1.25 bits per heavy atom. The topological polar surface area (TPSA) is 39.8 Å². The van der Waals surface area contributed by atoms with Crippen LogP contribution in [0.3, 0.4) is 0 Å². The van der Waals surface area contributed by atoms with E-state index in [1.807, 2.05) is 6.20 Å². The third-order valence-electron chi connectivity index (χ3n) is 4.27. The summed E-state index contributed by atoms with van der Waals surface area (Å²) < 4.78 is 0. The molecule has 3 rings (SSSR count). The molecule has 0 bridgehead atoms. The van der Waals surface area contributed by atoms with E-state index >= 15 is 0 Å². The van der Waals surface area contributed by atoms with Crippen LogP contribution in [-0.4, -0.2) is 23.6 Å². The van der Waals surface area contributed by atoms with Crippen LogP contribution in [0.2, 0.25) is 0 Å². The highest BCUT2D eigenvalue weighted by Gasteiger charge is 2.14. The normalized spacial score (nSPS) is 21.6. The highest BCUT2D eigenvalue weighted by Crippen LogP contribution is 2.20. The van der Waals surface area contributed by atoms with Gasteiger partial charge in [-0.25, -0.2) is 0 Å². The lowest BCUT2D eigenvalue weighted by molar-refractivity contribution is 0.456. The summed E-state index contributed by atoms with van der Waals surface area (Å²) in [6.45, 7) is 3.47. The van der Waals surface area contributed by atoms with Crippen molar-refractivity contribution in [3.05, 3.63) is 30.5 Å². The third-order valence-corrected chi connectivity index (χ3v) is 4.27. The molecule has 108 valence electrons. The molecule has 1 aliphatic heterocycles. The highest BCUT2D eigenvalue weighted by atomic mass is 15.0. The summed E-state index contributed by atoms with van der Waals surface area (Å²) in [4.78, 5) is 3.23. The minimum absolute atomic E-state index is 0.502. The average molecular weight is 271 g/mol. The zero-order valence-corrected chi connectivity index (χ0v) is 12.3. The maximum atomic E-state index is 3.68. The van der Waals surface area contributed by atoms with E-state index in [2.05, 4.69) is 46.8 Å². The van der Waals surface area contributed by atoms with Gasteiger partial charge in [-0.1, -0.05) is 12.8 Å². The second-order valence-electron chi connectivity index (χ2n) is 6.06. The summed E-state index contributed by atoms with van der Waals surface area (Å²) in [6, 6.07) is 9.84. The number of rotatable bonds is 4. The van der Waals surface area contributed by atoms with E-state index in [1.165, 1.54) is 55.2 Å². The Morgan fingerprint density at radius 2 is 2.20 bits per heavy atom. The van der Waals surface area contributed by atoms with Gasteiger partial charge in [0.15, 0.2) is 0 Å². The van der Waals surface area contributed by atoms with Crippen molar-refractivity contribution in [1.82, 2.24) is 10.3 Å². The van der Waals surface area contributed by atoms with E-state index in [-0.39, 0.29) is 0 Å². The van der Waals surface area contributed by atoms with Gasteiger partial charge in [-0.05, 0) is 57.0 Å². The van der Waals surface area contributed by atoms with Gasteiger partial charge < -0.3 is 15.6 Å². The maximum Gasteiger partial charge on any atom is 0.0455 e. The van der Waals surface area contributed by atoms with Crippen LogP contribution in [0.15, 0.2) is 30.5 Å². The molecule has 1 saturated heterocycles. The molecule has 3 nitrogen and oxygen atoms in total. The van der Waals surface area contributed by atoms with Gasteiger partial charge in [0.2, 0.25) is 0 Å². The number of aromatic nitrogens is 1. The van der Waals surface area contributed by atoms with Gasteiger partial charge in [0.05, 0.1) is 0 Å². The van der Waals surface area contributed by atoms with E-state index in [9.17, 15) is 0 Å². The largest absolute Gasteiger partial charge is 0.383 e. The predicted octanol–water partition coefficient (Wildman–Crippen LogP) is 3.89. The van der Waals surface area contributed by atoms with Crippen molar-refractivity contribution in [3.8, 4) is 0 Å². The number of hydrogen-bond acceptors (Lipinski definition) is 2. The quantitative estimate of drug-likeness (QED) is 0.789. The molecule has 2 aromatic rings. The number of benzene rings is 1. The van der Waals surface area contributed by atoms with Gasteiger partial charge in [0, 0.05) is 34.9 Å². The van der Waals surface area contributed by atoms with E-state index in [0.717, 1.165) is 0 Å². The van der Waals surface area contributed by atoms with Gasteiger partial charge in [-0.15, -0.1) is 0 Å². The molecular weight excluding hydrogens is 246 g/mol. The number of anilines is 1. The molecule has 0 aliphatic carbocycles.